The minimum absolute atomic E-state index is 0.178. The standard InChI is InChI=1S/C16H20N8O2/c1-26-8-9(17)5-19-16-20-6-11(14(18)25)15(23-16)22-12-3-2-4-13-10(12)7-21-24-13/h2-4,6-7,9H,5,8,17H2,1H3,(H2,18,25)(H,21,24)(H2,19,20,22,23)/t9-/m1/s1. The van der Waals surface area contributed by atoms with E-state index in [1.165, 1.54) is 6.20 Å². The maximum atomic E-state index is 11.7. The zero-order valence-electron chi connectivity index (χ0n) is 14.2. The second-order valence-electron chi connectivity index (χ2n) is 5.68. The van der Waals surface area contributed by atoms with E-state index < -0.39 is 5.91 Å². The molecule has 0 aliphatic rings. The quantitative estimate of drug-likeness (QED) is 0.392. The average molecular weight is 356 g/mol. The molecule has 3 aromatic rings. The summed E-state index contributed by atoms with van der Waals surface area (Å²) in [5.74, 6) is -0.0121. The van der Waals surface area contributed by atoms with Crippen LogP contribution in [0.25, 0.3) is 10.9 Å². The van der Waals surface area contributed by atoms with Gasteiger partial charge in [-0.1, -0.05) is 6.07 Å². The topological polar surface area (TPSA) is 157 Å². The van der Waals surface area contributed by atoms with Crippen LogP contribution >= 0.6 is 0 Å². The smallest absolute Gasteiger partial charge is 0.254 e. The summed E-state index contributed by atoms with van der Waals surface area (Å²) < 4.78 is 4.99. The third-order valence-electron chi connectivity index (χ3n) is 3.70. The Bertz CT molecular complexity index is 910. The van der Waals surface area contributed by atoms with Gasteiger partial charge in [0.05, 0.1) is 24.0 Å². The van der Waals surface area contributed by atoms with Crippen LogP contribution in [0.3, 0.4) is 0 Å². The molecule has 0 aliphatic carbocycles. The summed E-state index contributed by atoms with van der Waals surface area (Å²) in [6.07, 6.45) is 3.06. The first kappa shape index (κ1) is 17.6. The van der Waals surface area contributed by atoms with E-state index in [-0.39, 0.29) is 11.6 Å². The summed E-state index contributed by atoms with van der Waals surface area (Å²) in [6, 6.07) is 5.39. The average Bonchev–Trinajstić information content (AvgIpc) is 3.10. The lowest BCUT2D eigenvalue weighted by Crippen LogP contribution is -2.33. The molecule has 10 heteroatoms. The fourth-order valence-corrected chi connectivity index (χ4v) is 2.44. The van der Waals surface area contributed by atoms with Gasteiger partial charge in [-0.25, -0.2) is 4.98 Å². The molecule has 10 nitrogen and oxygen atoms in total. The molecule has 1 amide bonds. The minimum Gasteiger partial charge on any atom is -0.383 e. The number of nitrogens with two attached hydrogens (primary N) is 2. The molecule has 2 heterocycles. The van der Waals surface area contributed by atoms with Crippen LogP contribution < -0.4 is 22.1 Å². The van der Waals surface area contributed by atoms with Gasteiger partial charge in [-0.05, 0) is 12.1 Å². The largest absolute Gasteiger partial charge is 0.383 e. The van der Waals surface area contributed by atoms with E-state index >= 15 is 0 Å². The molecular formula is C16H20N8O2. The van der Waals surface area contributed by atoms with Gasteiger partial charge in [-0.15, -0.1) is 0 Å². The number of carbonyl (C=O) groups is 1. The number of benzene rings is 1. The Hall–Kier alpha value is -3.24. The first-order valence-corrected chi connectivity index (χ1v) is 7.93. The molecule has 0 fully saturated rings. The summed E-state index contributed by atoms with van der Waals surface area (Å²) in [4.78, 5) is 20.2. The summed E-state index contributed by atoms with van der Waals surface area (Å²) >= 11 is 0. The van der Waals surface area contributed by atoms with Crippen molar-refractivity contribution in [3.8, 4) is 0 Å². The van der Waals surface area contributed by atoms with Gasteiger partial charge < -0.3 is 26.8 Å². The van der Waals surface area contributed by atoms with Gasteiger partial charge in [-0.2, -0.15) is 10.1 Å². The number of fused-ring (bicyclic) bond motifs is 1. The van der Waals surface area contributed by atoms with Crippen molar-refractivity contribution in [3.05, 3.63) is 36.2 Å². The third-order valence-corrected chi connectivity index (χ3v) is 3.70. The lowest BCUT2D eigenvalue weighted by atomic mass is 10.2. The van der Waals surface area contributed by atoms with Crippen LogP contribution in [0.5, 0.6) is 0 Å². The van der Waals surface area contributed by atoms with E-state index in [2.05, 4.69) is 30.8 Å². The third kappa shape index (κ3) is 3.87. The Kier molecular flexibility index (Phi) is 5.25. The summed E-state index contributed by atoms with van der Waals surface area (Å²) in [6.45, 7) is 0.820. The van der Waals surface area contributed by atoms with Crippen LogP contribution in [0.4, 0.5) is 17.5 Å². The van der Waals surface area contributed by atoms with Crippen LogP contribution in [-0.2, 0) is 4.74 Å². The molecule has 3 rings (SSSR count). The lowest BCUT2D eigenvalue weighted by Gasteiger charge is -2.14. The Morgan fingerprint density at radius 3 is 3.00 bits per heavy atom. The number of H-pyrrole nitrogens is 1. The number of nitrogens with zero attached hydrogens (tertiary/aromatic N) is 3. The maximum absolute atomic E-state index is 11.7. The predicted octanol–water partition coefficient (Wildman–Crippen LogP) is 0.581. The molecule has 0 radical (unpaired) electrons. The number of hydrogen-bond acceptors (Lipinski definition) is 8. The number of rotatable bonds is 8. The van der Waals surface area contributed by atoms with Crippen molar-refractivity contribution in [3.63, 3.8) is 0 Å². The number of anilines is 3. The van der Waals surface area contributed by atoms with Crippen LogP contribution in [0.2, 0.25) is 0 Å². The highest BCUT2D eigenvalue weighted by Gasteiger charge is 2.14. The number of carbonyl (C=O) groups excluding carboxylic acids is 1. The monoisotopic (exact) mass is 356 g/mol. The molecule has 2 aromatic heterocycles. The fraction of sp³-hybridized carbons (Fsp3) is 0.250. The summed E-state index contributed by atoms with van der Waals surface area (Å²) in [5.41, 5.74) is 13.1. The number of hydrogen-bond donors (Lipinski definition) is 5. The highest BCUT2D eigenvalue weighted by Crippen LogP contribution is 2.26. The van der Waals surface area contributed by atoms with Crippen LogP contribution in [0.15, 0.2) is 30.6 Å². The number of methoxy groups -OCH3 is 1. The van der Waals surface area contributed by atoms with E-state index in [9.17, 15) is 4.79 Å². The number of ether oxygens (including phenoxy) is 1. The molecule has 7 N–H and O–H groups in total. The number of nitrogens with one attached hydrogen (secondary N) is 3. The second-order valence-corrected chi connectivity index (χ2v) is 5.68. The number of aromatic nitrogens is 4. The Labute approximate surface area is 149 Å². The van der Waals surface area contributed by atoms with E-state index in [4.69, 9.17) is 16.2 Å². The first-order chi connectivity index (χ1) is 12.6. The number of amides is 1. The van der Waals surface area contributed by atoms with Gasteiger partial charge in [-0.3, -0.25) is 9.89 Å². The van der Waals surface area contributed by atoms with Crippen LogP contribution in [0.1, 0.15) is 10.4 Å². The van der Waals surface area contributed by atoms with E-state index in [1.54, 1.807) is 13.3 Å². The van der Waals surface area contributed by atoms with E-state index in [1.807, 2.05) is 18.2 Å². The molecule has 1 atom stereocenters. The van der Waals surface area contributed by atoms with Gasteiger partial charge in [0.25, 0.3) is 5.91 Å². The van der Waals surface area contributed by atoms with Crippen molar-refractivity contribution in [2.24, 2.45) is 11.5 Å². The lowest BCUT2D eigenvalue weighted by molar-refractivity contribution is 0.100. The highest BCUT2D eigenvalue weighted by molar-refractivity contribution is 6.00. The van der Waals surface area contributed by atoms with Gasteiger partial charge in [0.2, 0.25) is 5.95 Å². The zero-order chi connectivity index (χ0) is 18.5. The van der Waals surface area contributed by atoms with E-state index in [0.29, 0.717) is 24.9 Å². The minimum atomic E-state index is -0.630. The predicted molar refractivity (Wildman–Crippen MR) is 98.3 cm³/mol. The molecular weight excluding hydrogens is 336 g/mol. The van der Waals surface area contributed by atoms with Crippen molar-refractivity contribution < 1.29 is 9.53 Å². The molecule has 0 saturated carbocycles. The normalized spacial score (nSPS) is 12.1. The summed E-state index contributed by atoms with van der Waals surface area (Å²) in [5, 5.41) is 13.9. The van der Waals surface area contributed by atoms with Crippen LogP contribution in [0, 0.1) is 0 Å². The van der Waals surface area contributed by atoms with Crippen molar-refractivity contribution >= 4 is 34.3 Å². The molecule has 26 heavy (non-hydrogen) atoms. The van der Waals surface area contributed by atoms with Crippen molar-refractivity contribution in [2.45, 2.75) is 6.04 Å². The Morgan fingerprint density at radius 2 is 2.23 bits per heavy atom. The fourth-order valence-electron chi connectivity index (χ4n) is 2.44. The number of aromatic amines is 1. The SMILES string of the molecule is COC[C@H](N)CNc1ncc(C(N)=O)c(Nc2cccc3[nH]ncc23)n1. The van der Waals surface area contributed by atoms with Crippen molar-refractivity contribution in [2.75, 3.05) is 30.9 Å². The first-order valence-electron chi connectivity index (χ1n) is 7.93. The van der Waals surface area contributed by atoms with E-state index in [0.717, 1.165) is 16.6 Å². The maximum Gasteiger partial charge on any atom is 0.254 e. The zero-order valence-corrected chi connectivity index (χ0v) is 14.2. The molecule has 0 unspecified atom stereocenters. The molecule has 136 valence electrons. The molecule has 0 aliphatic heterocycles. The molecule has 0 saturated heterocycles. The van der Waals surface area contributed by atoms with Gasteiger partial charge in [0.1, 0.15) is 11.4 Å². The van der Waals surface area contributed by atoms with Crippen molar-refractivity contribution in [1.29, 1.82) is 0 Å². The molecule has 0 spiro atoms. The second kappa shape index (κ2) is 7.76. The van der Waals surface area contributed by atoms with Gasteiger partial charge in [0, 0.05) is 31.3 Å². The summed E-state index contributed by atoms with van der Waals surface area (Å²) in [7, 11) is 1.58. The Morgan fingerprint density at radius 1 is 1.38 bits per heavy atom. The van der Waals surface area contributed by atoms with Crippen molar-refractivity contribution in [1.82, 2.24) is 20.2 Å². The van der Waals surface area contributed by atoms with Gasteiger partial charge in [0.15, 0.2) is 0 Å². The molecule has 1 aromatic carbocycles. The van der Waals surface area contributed by atoms with Gasteiger partial charge >= 0.3 is 0 Å². The van der Waals surface area contributed by atoms with Crippen LogP contribution in [-0.4, -0.2) is 52.4 Å². The highest BCUT2D eigenvalue weighted by atomic mass is 16.5. The number of primary amides is 1. The Balaban J connectivity index is 1.87. The molecule has 0 bridgehead atoms.